The number of likely N-dealkylation sites (N-methyl/N-ethyl adjacent to an activating group) is 1. The zero-order valence-corrected chi connectivity index (χ0v) is 32.5. The van der Waals surface area contributed by atoms with Crippen molar-refractivity contribution in [1.82, 2.24) is 26.2 Å². The number of nitrogens with one attached hydrogen (secondary N) is 4. The van der Waals surface area contributed by atoms with Crippen LogP contribution < -0.4 is 38.5 Å². The topological polar surface area (TPSA) is 233 Å². The van der Waals surface area contributed by atoms with Gasteiger partial charge in [-0.05, 0) is 38.5 Å². The third kappa shape index (κ3) is 14.5. The number of rotatable bonds is 14. The Morgan fingerprint density at radius 3 is 2.00 bits per heavy atom. The van der Waals surface area contributed by atoms with Crippen LogP contribution in [0.15, 0.2) is 0 Å². The zero-order valence-electron chi connectivity index (χ0n) is 32.5. The Morgan fingerprint density at radius 2 is 1.40 bits per heavy atom. The summed E-state index contributed by atoms with van der Waals surface area (Å²) in [6.07, 6.45) is 9.93. The minimum Gasteiger partial charge on any atom is -0.375 e. The molecule has 15 nitrogen and oxygen atoms in total. The van der Waals surface area contributed by atoms with Crippen LogP contribution in [0.1, 0.15) is 111 Å². The third-order valence-electron chi connectivity index (χ3n) is 10.4. The fourth-order valence-corrected chi connectivity index (χ4v) is 7.01. The number of carbonyl (C=O) groups is 5. The lowest BCUT2D eigenvalue weighted by atomic mass is 9.90. The lowest BCUT2D eigenvalue weighted by Gasteiger charge is -2.34. The standard InChI is InChI=1S/C37H70N8O7/c1-6-8-9-14-18-31-25(4)37(50)45(5)30(15-7-2)35(48)44-32(26-16-12-10-11-13-17-26)36(49)42-28(21-40)33(46)43-29(23-51-27(19-38)20-39)34(47)41-24(3)22-52-31/h24-32H,6-23,38-40H2,1-5H3,(H,41,47)(H,42,49)(H,43,46)(H,44,48)/t24-,25-,28+,29+,30+,31-,32+/m1/s1. The van der Waals surface area contributed by atoms with E-state index < -0.39 is 72.0 Å². The van der Waals surface area contributed by atoms with E-state index in [1.807, 2.05) is 13.8 Å². The smallest absolute Gasteiger partial charge is 0.245 e. The van der Waals surface area contributed by atoms with E-state index in [1.54, 1.807) is 14.0 Å². The highest BCUT2D eigenvalue weighted by Gasteiger charge is 2.38. The molecule has 2 rings (SSSR count). The van der Waals surface area contributed by atoms with Crippen molar-refractivity contribution in [3.63, 3.8) is 0 Å². The van der Waals surface area contributed by atoms with Crippen LogP contribution in [0.25, 0.3) is 0 Å². The molecule has 1 saturated carbocycles. The molecule has 0 aromatic heterocycles. The summed E-state index contributed by atoms with van der Waals surface area (Å²) in [5.41, 5.74) is 17.5. The van der Waals surface area contributed by atoms with Crippen molar-refractivity contribution in [3.8, 4) is 0 Å². The van der Waals surface area contributed by atoms with Crippen molar-refractivity contribution in [2.45, 2.75) is 154 Å². The van der Waals surface area contributed by atoms with Crippen molar-refractivity contribution >= 4 is 29.5 Å². The lowest BCUT2D eigenvalue weighted by Crippen LogP contribution is -2.62. The first-order chi connectivity index (χ1) is 24.9. The Hall–Kier alpha value is -2.85. The molecule has 300 valence electrons. The summed E-state index contributed by atoms with van der Waals surface area (Å²) >= 11 is 0. The Kier molecular flexibility index (Phi) is 21.3. The first-order valence-electron chi connectivity index (χ1n) is 19.7. The van der Waals surface area contributed by atoms with E-state index in [0.717, 1.165) is 64.2 Å². The maximum Gasteiger partial charge on any atom is 0.245 e. The minimum atomic E-state index is -1.21. The average Bonchev–Trinajstić information content (AvgIpc) is 3.42. The molecule has 52 heavy (non-hydrogen) atoms. The SMILES string of the molecule is CCCCCC[C@H]1OC[C@@H](C)NC(=O)[C@H](COC(CN)CN)NC(=O)[C@H](CN)NC(=O)[C@H](C2CCCCCC2)NC(=O)[C@H](CCC)N(C)C(=O)[C@@H]1C. The third-order valence-corrected chi connectivity index (χ3v) is 10.4. The number of unbranched alkanes of at least 4 members (excludes halogenated alkanes) is 3. The van der Waals surface area contributed by atoms with E-state index in [4.69, 9.17) is 26.7 Å². The van der Waals surface area contributed by atoms with Gasteiger partial charge in [0.1, 0.15) is 24.2 Å². The quantitative estimate of drug-likeness (QED) is 0.0979. The van der Waals surface area contributed by atoms with Gasteiger partial charge in [-0.2, -0.15) is 0 Å². The summed E-state index contributed by atoms with van der Waals surface area (Å²) in [6.45, 7) is 7.51. The van der Waals surface area contributed by atoms with Crippen LogP contribution in [0.5, 0.6) is 0 Å². The highest BCUT2D eigenvalue weighted by molar-refractivity contribution is 5.96. The Labute approximate surface area is 311 Å². The van der Waals surface area contributed by atoms with Gasteiger partial charge in [0.2, 0.25) is 29.5 Å². The first-order valence-corrected chi connectivity index (χ1v) is 19.7. The van der Waals surface area contributed by atoms with Gasteiger partial charge in [0, 0.05) is 32.7 Å². The van der Waals surface area contributed by atoms with Gasteiger partial charge in [-0.1, -0.05) is 78.6 Å². The van der Waals surface area contributed by atoms with E-state index in [0.29, 0.717) is 19.3 Å². The van der Waals surface area contributed by atoms with E-state index in [9.17, 15) is 24.0 Å². The van der Waals surface area contributed by atoms with Crippen LogP contribution >= 0.6 is 0 Å². The Balaban J connectivity index is 2.56. The Morgan fingerprint density at radius 1 is 0.769 bits per heavy atom. The fraction of sp³-hybridized carbons (Fsp3) is 0.865. The molecule has 1 saturated heterocycles. The molecular weight excluding hydrogens is 668 g/mol. The highest BCUT2D eigenvalue weighted by atomic mass is 16.5. The van der Waals surface area contributed by atoms with E-state index in [2.05, 4.69) is 28.2 Å². The van der Waals surface area contributed by atoms with E-state index in [-0.39, 0.29) is 44.7 Å². The number of ether oxygens (including phenoxy) is 2. The van der Waals surface area contributed by atoms with Gasteiger partial charge in [0.25, 0.3) is 0 Å². The summed E-state index contributed by atoms with van der Waals surface area (Å²) < 4.78 is 12.1. The van der Waals surface area contributed by atoms with Crippen LogP contribution in [0, 0.1) is 11.8 Å². The second-order valence-electron chi connectivity index (χ2n) is 14.7. The first kappa shape index (κ1) is 45.3. The fourth-order valence-electron chi connectivity index (χ4n) is 7.01. The molecule has 0 radical (unpaired) electrons. The van der Waals surface area contributed by atoms with E-state index in [1.165, 1.54) is 4.90 Å². The van der Waals surface area contributed by atoms with Crippen molar-refractivity contribution in [2.75, 3.05) is 39.9 Å². The van der Waals surface area contributed by atoms with Gasteiger partial charge in [-0.25, -0.2) is 0 Å². The molecule has 0 aromatic rings. The second-order valence-corrected chi connectivity index (χ2v) is 14.7. The number of amides is 5. The molecule has 10 N–H and O–H groups in total. The minimum absolute atomic E-state index is 0.102. The summed E-state index contributed by atoms with van der Waals surface area (Å²) in [4.78, 5) is 71.1. The van der Waals surface area contributed by atoms with Gasteiger partial charge in [0.15, 0.2) is 0 Å². The summed E-state index contributed by atoms with van der Waals surface area (Å²) in [6, 6.07) is -4.66. The number of nitrogens with two attached hydrogens (primary N) is 3. The molecule has 0 spiro atoms. The maximum absolute atomic E-state index is 14.1. The lowest BCUT2D eigenvalue weighted by molar-refractivity contribution is -0.147. The largest absolute Gasteiger partial charge is 0.375 e. The van der Waals surface area contributed by atoms with Gasteiger partial charge in [-0.3, -0.25) is 24.0 Å². The summed E-state index contributed by atoms with van der Waals surface area (Å²) in [5, 5.41) is 11.4. The number of hydrogen-bond acceptors (Lipinski definition) is 10. The van der Waals surface area contributed by atoms with Crippen LogP contribution in [0.2, 0.25) is 0 Å². The molecule has 2 fully saturated rings. The van der Waals surface area contributed by atoms with Crippen LogP contribution in [0.4, 0.5) is 0 Å². The van der Waals surface area contributed by atoms with Crippen molar-refractivity contribution in [1.29, 1.82) is 0 Å². The second kappa shape index (κ2) is 24.5. The highest BCUT2D eigenvalue weighted by Crippen LogP contribution is 2.27. The molecule has 2 aliphatic rings. The maximum atomic E-state index is 14.1. The molecule has 0 bridgehead atoms. The molecule has 1 aliphatic heterocycles. The summed E-state index contributed by atoms with van der Waals surface area (Å²) in [7, 11) is 1.63. The summed E-state index contributed by atoms with van der Waals surface area (Å²) in [5.74, 6) is -3.17. The zero-order chi connectivity index (χ0) is 38.6. The predicted octanol–water partition coefficient (Wildman–Crippen LogP) is 0.810. The molecule has 0 unspecified atom stereocenters. The number of hydrogen-bond donors (Lipinski definition) is 7. The van der Waals surface area contributed by atoms with Gasteiger partial charge < -0.3 is 52.8 Å². The van der Waals surface area contributed by atoms with Crippen LogP contribution in [0.3, 0.4) is 0 Å². The van der Waals surface area contributed by atoms with Gasteiger partial charge >= 0.3 is 0 Å². The molecular formula is C37H70N8O7. The van der Waals surface area contributed by atoms with Crippen molar-refractivity contribution < 1.29 is 33.4 Å². The molecule has 0 aromatic carbocycles. The predicted molar refractivity (Wildman–Crippen MR) is 201 cm³/mol. The Bertz CT molecular complexity index is 1100. The average molecular weight is 739 g/mol. The van der Waals surface area contributed by atoms with Gasteiger partial charge in [0.05, 0.1) is 31.3 Å². The number of carbonyl (C=O) groups excluding carboxylic acids is 5. The normalized spacial score (nSPS) is 28.6. The molecule has 7 atom stereocenters. The molecule has 1 aliphatic carbocycles. The van der Waals surface area contributed by atoms with Crippen LogP contribution in [-0.2, 0) is 33.4 Å². The van der Waals surface area contributed by atoms with Gasteiger partial charge in [-0.15, -0.1) is 0 Å². The molecule has 15 heteroatoms. The van der Waals surface area contributed by atoms with E-state index >= 15 is 0 Å². The van der Waals surface area contributed by atoms with Crippen LogP contribution in [-0.4, -0.2) is 117 Å². The monoisotopic (exact) mass is 739 g/mol. The molecule has 1 heterocycles. The van der Waals surface area contributed by atoms with Crippen molar-refractivity contribution in [2.24, 2.45) is 29.0 Å². The number of nitrogens with zero attached hydrogens (tertiary/aromatic N) is 1. The van der Waals surface area contributed by atoms with Crippen molar-refractivity contribution in [3.05, 3.63) is 0 Å². The molecule has 5 amide bonds.